The second kappa shape index (κ2) is 8.67. The Morgan fingerprint density at radius 2 is 1.87 bits per heavy atom. The highest BCUT2D eigenvalue weighted by Crippen LogP contribution is 2.29. The number of carbonyl (C=O) groups excluding carboxylic acids is 3. The van der Waals surface area contributed by atoms with Gasteiger partial charge in [0.15, 0.2) is 0 Å². The van der Waals surface area contributed by atoms with E-state index in [0.717, 1.165) is 41.8 Å². The molecule has 0 aliphatic carbocycles. The van der Waals surface area contributed by atoms with Crippen molar-refractivity contribution in [1.82, 2.24) is 15.5 Å². The smallest absolute Gasteiger partial charge is 0.255 e. The van der Waals surface area contributed by atoms with Crippen molar-refractivity contribution in [3.05, 3.63) is 64.7 Å². The van der Waals surface area contributed by atoms with Gasteiger partial charge >= 0.3 is 0 Å². The van der Waals surface area contributed by atoms with Crippen LogP contribution in [0, 0.1) is 0 Å². The van der Waals surface area contributed by atoms with Gasteiger partial charge in [0.2, 0.25) is 11.8 Å². The molecule has 2 heterocycles. The molecule has 4 rings (SSSR count). The first-order valence-electron chi connectivity index (χ1n) is 10.3. The lowest BCUT2D eigenvalue weighted by molar-refractivity contribution is -0.136. The zero-order valence-electron chi connectivity index (χ0n) is 16.8. The Labute approximate surface area is 175 Å². The van der Waals surface area contributed by atoms with Crippen LogP contribution >= 0.6 is 0 Å². The third-order valence-corrected chi connectivity index (χ3v) is 5.81. The number of para-hydroxylation sites is 1. The maximum Gasteiger partial charge on any atom is 0.255 e. The summed E-state index contributed by atoms with van der Waals surface area (Å²) in [7, 11) is 0. The molecule has 156 valence electrons. The van der Waals surface area contributed by atoms with Gasteiger partial charge in [-0.2, -0.15) is 0 Å². The molecular formula is C23H26N4O3. The number of anilines is 1. The van der Waals surface area contributed by atoms with E-state index in [1.807, 2.05) is 42.5 Å². The van der Waals surface area contributed by atoms with Crippen LogP contribution in [0.1, 0.15) is 46.3 Å². The van der Waals surface area contributed by atoms with Gasteiger partial charge in [-0.05, 0) is 48.6 Å². The van der Waals surface area contributed by atoms with Gasteiger partial charge in [-0.15, -0.1) is 0 Å². The number of aryl methyl sites for hydroxylation is 1. The number of hydrogen-bond donors (Lipinski definition) is 3. The summed E-state index contributed by atoms with van der Waals surface area (Å²) in [5.74, 6) is -0.788. The molecule has 4 N–H and O–H groups in total. The summed E-state index contributed by atoms with van der Waals surface area (Å²) in [6.45, 7) is 1.80. The minimum absolute atomic E-state index is 0.131. The van der Waals surface area contributed by atoms with E-state index in [9.17, 15) is 14.4 Å². The summed E-state index contributed by atoms with van der Waals surface area (Å²) in [5, 5.41) is 5.76. The molecule has 2 aliphatic rings. The predicted octanol–water partition coefficient (Wildman–Crippen LogP) is 1.75. The highest BCUT2D eigenvalue weighted by molar-refractivity contribution is 6.05. The van der Waals surface area contributed by atoms with Crippen LogP contribution < -0.4 is 16.4 Å². The molecule has 7 nitrogen and oxygen atoms in total. The number of carbonyl (C=O) groups is 3. The average molecular weight is 406 g/mol. The van der Waals surface area contributed by atoms with Gasteiger partial charge in [-0.25, -0.2) is 0 Å². The van der Waals surface area contributed by atoms with Crippen LogP contribution in [0.4, 0.5) is 5.69 Å². The van der Waals surface area contributed by atoms with Crippen molar-refractivity contribution in [2.45, 2.75) is 44.8 Å². The van der Waals surface area contributed by atoms with E-state index in [4.69, 9.17) is 5.73 Å². The molecule has 1 saturated heterocycles. The van der Waals surface area contributed by atoms with E-state index < -0.39 is 6.04 Å². The number of nitrogen functional groups attached to an aromatic ring is 1. The molecule has 30 heavy (non-hydrogen) atoms. The fraction of sp³-hybridized carbons (Fsp3) is 0.348. The molecular weight excluding hydrogens is 380 g/mol. The summed E-state index contributed by atoms with van der Waals surface area (Å²) in [5.41, 5.74) is 10.5. The molecule has 0 radical (unpaired) electrons. The lowest BCUT2D eigenvalue weighted by Crippen LogP contribution is -2.52. The minimum atomic E-state index is -0.584. The fourth-order valence-corrected chi connectivity index (χ4v) is 4.23. The number of benzene rings is 2. The number of nitrogens with zero attached hydrogens (tertiary/aromatic N) is 1. The van der Waals surface area contributed by atoms with Crippen molar-refractivity contribution in [3.63, 3.8) is 0 Å². The SMILES string of the molecule is Nc1ccccc1CCCNCc1cccc2c1C(=O)N(C1CCC(=O)NC1=O)C2. The Hall–Kier alpha value is -3.19. The van der Waals surface area contributed by atoms with Gasteiger partial charge in [0.1, 0.15) is 6.04 Å². The number of hydrogen-bond acceptors (Lipinski definition) is 5. The number of fused-ring (bicyclic) bond motifs is 1. The van der Waals surface area contributed by atoms with Crippen molar-refractivity contribution in [2.75, 3.05) is 12.3 Å². The van der Waals surface area contributed by atoms with E-state index in [0.29, 0.717) is 25.1 Å². The number of piperidine rings is 1. The minimum Gasteiger partial charge on any atom is -0.399 e. The van der Waals surface area contributed by atoms with E-state index in [1.165, 1.54) is 0 Å². The Morgan fingerprint density at radius 1 is 1.07 bits per heavy atom. The molecule has 1 fully saturated rings. The molecule has 1 atom stereocenters. The lowest BCUT2D eigenvalue weighted by atomic mass is 10.0. The van der Waals surface area contributed by atoms with E-state index in [2.05, 4.69) is 10.6 Å². The van der Waals surface area contributed by atoms with Crippen LogP contribution in [0.25, 0.3) is 0 Å². The monoisotopic (exact) mass is 406 g/mol. The molecule has 2 aliphatic heterocycles. The largest absolute Gasteiger partial charge is 0.399 e. The summed E-state index contributed by atoms with van der Waals surface area (Å²) >= 11 is 0. The Balaban J connectivity index is 1.36. The first-order chi connectivity index (χ1) is 14.5. The second-order valence-electron chi connectivity index (χ2n) is 7.83. The highest BCUT2D eigenvalue weighted by Gasteiger charge is 2.39. The standard InChI is InChI=1S/C23H26N4O3/c24-18-9-2-1-5-15(18)8-4-12-25-13-16-6-3-7-17-14-27(23(30)21(16)17)19-10-11-20(28)26-22(19)29/h1-3,5-7,9,19,25H,4,8,10-14,24H2,(H,26,28,29). The van der Waals surface area contributed by atoms with Crippen molar-refractivity contribution < 1.29 is 14.4 Å². The third-order valence-electron chi connectivity index (χ3n) is 5.81. The number of rotatable bonds is 7. The van der Waals surface area contributed by atoms with Crippen LogP contribution in [0.3, 0.4) is 0 Å². The van der Waals surface area contributed by atoms with Crippen LogP contribution in [-0.2, 0) is 29.1 Å². The van der Waals surface area contributed by atoms with Crippen molar-refractivity contribution >= 4 is 23.4 Å². The summed E-state index contributed by atoms with van der Waals surface area (Å²) in [6.07, 6.45) is 2.48. The number of nitrogens with two attached hydrogens (primary N) is 1. The normalized spacial score (nSPS) is 18.5. The van der Waals surface area contributed by atoms with E-state index >= 15 is 0 Å². The molecule has 7 heteroatoms. The van der Waals surface area contributed by atoms with Crippen LogP contribution in [0.5, 0.6) is 0 Å². The van der Waals surface area contributed by atoms with Gasteiger partial charge < -0.3 is 16.0 Å². The molecule has 2 aromatic rings. The Kier molecular flexibility index (Phi) is 5.81. The summed E-state index contributed by atoms with van der Waals surface area (Å²) < 4.78 is 0. The third kappa shape index (κ3) is 4.07. The number of amides is 3. The first kappa shape index (κ1) is 20.1. The van der Waals surface area contributed by atoms with Gasteiger partial charge in [0.25, 0.3) is 5.91 Å². The van der Waals surface area contributed by atoms with Gasteiger partial charge in [-0.1, -0.05) is 36.4 Å². The summed E-state index contributed by atoms with van der Waals surface area (Å²) in [4.78, 5) is 38.3. The predicted molar refractivity (Wildman–Crippen MR) is 113 cm³/mol. The molecule has 2 aromatic carbocycles. The van der Waals surface area contributed by atoms with Crippen LogP contribution in [0.2, 0.25) is 0 Å². The molecule has 0 saturated carbocycles. The van der Waals surface area contributed by atoms with Gasteiger partial charge in [0, 0.05) is 30.8 Å². The molecule has 0 aromatic heterocycles. The van der Waals surface area contributed by atoms with Crippen LogP contribution in [-0.4, -0.2) is 35.2 Å². The topological polar surface area (TPSA) is 105 Å². The highest BCUT2D eigenvalue weighted by atomic mass is 16.2. The quantitative estimate of drug-likeness (QED) is 0.369. The second-order valence-corrected chi connectivity index (χ2v) is 7.83. The molecule has 0 spiro atoms. The van der Waals surface area contributed by atoms with E-state index in [1.54, 1.807) is 4.90 Å². The first-order valence-corrected chi connectivity index (χ1v) is 10.3. The molecule has 1 unspecified atom stereocenters. The van der Waals surface area contributed by atoms with Crippen molar-refractivity contribution in [3.8, 4) is 0 Å². The Morgan fingerprint density at radius 3 is 2.67 bits per heavy atom. The lowest BCUT2D eigenvalue weighted by Gasteiger charge is -2.29. The zero-order chi connectivity index (χ0) is 21.1. The maximum absolute atomic E-state index is 13.1. The zero-order valence-corrected chi connectivity index (χ0v) is 16.8. The fourth-order valence-electron chi connectivity index (χ4n) is 4.23. The maximum atomic E-state index is 13.1. The van der Waals surface area contributed by atoms with Crippen molar-refractivity contribution in [1.29, 1.82) is 0 Å². The Bertz CT molecular complexity index is 988. The van der Waals surface area contributed by atoms with Gasteiger partial charge in [-0.3, -0.25) is 19.7 Å². The van der Waals surface area contributed by atoms with Crippen LogP contribution in [0.15, 0.2) is 42.5 Å². The van der Waals surface area contributed by atoms with Crippen molar-refractivity contribution in [2.24, 2.45) is 0 Å². The van der Waals surface area contributed by atoms with E-state index in [-0.39, 0.29) is 24.1 Å². The average Bonchev–Trinajstić information content (AvgIpc) is 3.06. The van der Waals surface area contributed by atoms with Gasteiger partial charge in [0.05, 0.1) is 0 Å². The molecule has 3 amide bonds. The number of imide groups is 1. The molecule has 0 bridgehead atoms. The summed E-state index contributed by atoms with van der Waals surface area (Å²) in [6, 6.07) is 13.1. The number of nitrogens with one attached hydrogen (secondary N) is 2.